The molecule has 0 unspecified atom stereocenters. The molecule has 0 heterocycles. The van der Waals surface area contributed by atoms with Crippen LogP contribution >= 0.6 is 0 Å². The Bertz CT molecular complexity index is 715. The van der Waals surface area contributed by atoms with Gasteiger partial charge in [-0.2, -0.15) is 18.4 Å². The van der Waals surface area contributed by atoms with E-state index in [1.165, 1.54) is 41.4 Å². The predicted molar refractivity (Wildman–Crippen MR) is 75.3 cm³/mol. The molecule has 2 aromatic carbocycles. The van der Waals surface area contributed by atoms with E-state index in [0.29, 0.717) is 5.69 Å². The topological polar surface area (TPSA) is 51.8 Å². The quantitative estimate of drug-likeness (QED) is 0.349. The molecule has 8 heteroatoms. The zero-order valence-electron chi connectivity index (χ0n) is 11.6. The Labute approximate surface area is 129 Å². The number of hydrogen-bond donors (Lipinski definition) is 0. The lowest BCUT2D eigenvalue weighted by atomic mass is 10.2. The first-order chi connectivity index (χ1) is 10.9. The Hall–Kier alpha value is -2.95. The summed E-state index contributed by atoms with van der Waals surface area (Å²) < 4.78 is 50.3. The largest absolute Gasteiger partial charge is 0.416 e. The van der Waals surface area contributed by atoms with Crippen LogP contribution in [0.25, 0.3) is 0 Å². The van der Waals surface area contributed by atoms with E-state index in [4.69, 9.17) is 5.26 Å². The van der Waals surface area contributed by atoms with Gasteiger partial charge in [0.15, 0.2) is 0 Å². The van der Waals surface area contributed by atoms with E-state index in [1.54, 1.807) is 0 Å². The van der Waals surface area contributed by atoms with Gasteiger partial charge in [-0.05, 0) is 48.5 Å². The van der Waals surface area contributed by atoms with Crippen molar-refractivity contribution in [3.05, 3.63) is 59.9 Å². The van der Waals surface area contributed by atoms with Crippen molar-refractivity contribution >= 4 is 11.4 Å². The van der Waals surface area contributed by atoms with E-state index in [1.807, 2.05) is 6.07 Å². The third kappa shape index (κ3) is 4.51. The molecule has 118 valence electrons. The highest BCUT2D eigenvalue weighted by Gasteiger charge is 2.29. The van der Waals surface area contributed by atoms with Crippen molar-refractivity contribution in [1.29, 1.82) is 5.26 Å². The average molecular weight is 322 g/mol. The minimum Gasteiger partial charge on any atom is -0.233 e. The number of alkyl halides is 3. The van der Waals surface area contributed by atoms with Crippen LogP contribution < -0.4 is 5.01 Å². The maximum Gasteiger partial charge on any atom is 0.416 e. The molecule has 2 aromatic rings. The van der Waals surface area contributed by atoms with Crippen molar-refractivity contribution in [2.75, 3.05) is 11.6 Å². The van der Waals surface area contributed by atoms with Crippen LogP contribution in [0.3, 0.4) is 0 Å². The van der Waals surface area contributed by atoms with Crippen molar-refractivity contribution in [2.24, 2.45) is 10.3 Å². The van der Waals surface area contributed by atoms with Gasteiger partial charge in [-0.1, -0.05) is 5.22 Å². The highest BCUT2D eigenvalue weighted by molar-refractivity contribution is 5.46. The van der Waals surface area contributed by atoms with Crippen LogP contribution in [-0.2, 0) is 6.18 Å². The van der Waals surface area contributed by atoms with Crippen molar-refractivity contribution in [1.82, 2.24) is 0 Å². The molecule has 0 aliphatic heterocycles. The molecule has 0 spiro atoms. The second-order valence-electron chi connectivity index (χ2n) is 4.43. The van der Waals surface area contributed by atoms with Crippen LogP contribution in [-0.4, -0.2) is 6.54 Å². The van der Waals surface area contributed by atoms with Crippen LogP contribution in [0.4, 0.5) is 28.9 Å². The third-order valence-electron chi connectivity index (χ3n) is 2.81. The van der Waals surface area contributed by atoms with E-state index in [-0.39, 0.29) is 12.2 Å². The van der Waals surface area contributed by atoms with E-state index < -0.39 is 17.6 Å². The Balaban J connectivity index is 2.18. The third-order valence-corrected chi connectivity index (χ3v) is 2.81. The van der Waals surface area contributed by atoms with Crippen molar-refractivity contribution in [3.8, 4) is 6.07 Å². The van der Waals surface area contributed by atoms with Gasteiger partial charge in [-0.25, -0.2) is 9.40 Å². The van der Waals surface area contributed by atoms with Crippen LogP contribution in [0.2, 0.25) is 0 Å². The molecule has 0 aromatic heterocycles. The number of hydrogen-bond acceptors (Lipinski definition) is 3. The molecule has 0 atom stereocenters. The van der Waals surface area contributed by atoms with Gasteiger partial charge in [0.1, 0.15) is 12.4 Å². The second kappa shape index (κ2) is 6.87. The summed E-state index contributed by atoms with van der Waals surface area (Å²) in [7, 11) is 0. The van der Waals surface area contributed by atoms with Gasteiger partial charge in [-0.3, -0.25) is 0 Å². The van der Waals surface area contributed by atoms with E-state index in [2.05, 4.69) is 10.3 Å². The van der Waals surface area contributed by atoms with Gasteiger partial charge >= 0.3 is 6.18 Å². The van der Waals surface area contributed by atoms with Gasteiger partial charge < -0.3 is 0 Å². The van der Waals surface area contributed by atoms with Crippen molar-refractivity contribution in [2.45, 2.75) is 6.18 Å². The lowest BCUT2D eigenvalue weighted by molar-refractivity contribution is -0.137. The van der Waals surface area contributed by atoms with Crippen LogP contribution in [0.5, 0.6) is 0 Å². The standard InChI is InChI=1S/C15H10F4N4/c16-12-3-7-14(8-4-12)23(10-9-20)22-21-13-5-1-11(2-6-13)15(17,18)19/h1-8H,10H2. The molecule has 0 bridgehead atoms. The molecule has 0 amide bonds. The second-order valence-corrected chi connectivity index (χ2v) is 4.43. The average Bonchev–Trinajstić information content (AvgIpc) is 2.52. The summed E-state index contributed by atoms with van der Waals surface area (Å²) in [5, 5.41) is 17.6. The molecule has 23 heavy (non-hydrogen) atoms. The van der Waals surface area contributed by atoms with Gasteiger partial charge in [0.2, 0.25) is 0 Å². The lowest BCUT2D eigenvalue weighted by Gasteiger charge is -2.13. The molecular weight excluding hydrogens is 312 g/mol. The molecule has 4 nitrogen and oxygen atoms in total. The predicted octanol–water partition coefficient (Wildman–Crippen LogP) is 4.87. The van der Waals surface area contributed by atoms with Crippen molar-refractivity contribution in [3.63, 3.8) is 0 Å². The summed E-state index contributed by atoms with van der Waals surface area (Å²) in [6.07, 6.45) is -4.42. The number of halogens is 4. The summed E-state index contributed by atoms with van der Waals surface area (Å²) in [5.74, 6) is -0.440. The first kappa shape index (κ1) is 16.4. The molecule has 0 radical (unpaired) electrons. The Morgan fingerprint density at radius 2 is 1.61 bits per heavy atom. The smallest absolute Gasteiger partial charge is 0.233 e. The maximum absolute atomic E-state index is 12.9. The van der Waals surface area contributed by atoms with Crippen LogP contribution in [0.15, 0.2) is 58.9 Å². The summed E-state index contributed by atoms with van der Waals surface area (Å²) >= 11 is 0. The summed E-state index contributed by atoms with van der Waals surface area (Å²) in [5.41, 5.74) is -0.157. The molecule has 0 aliphatic carbocycles. The first-order valence-corrected chi connectivity index (χ1v) is 6.39. The summed E-state index contributed by atoms with van der Waals surface area (Å²) in [6, 6.07) is 11.2. The fourth-order valence-electron chi connectivity index (χ4n) is 1.68. The SMILES string of the molecule is N#CCN(N=Nc1ccc(C(F)(F)F)cc1)c1ccc(F)cc1. The number of nitriles is 1. The normalized spacial score (nSPS) is 11.4. The summed E-state index contributed by atoms with van der Waals surface area (Å²) in [4.78, 5) is 0. The monoisotopic (exact) mass is 322 g/mol. The number of benzene rings is 2. The molecule has 2 rings (SSSR count). The van der Waals surface area contributed by atoms with Gasteiger partial charge in [0.05, 0.1) is 23.0 Å². The Morgan fingerprint density at radius 3 is 2.13 bits per heavy atom. The first-order valence-electron chi connectivity index (χ1n) is 6.39. The Kier molecular flexibility index (Phi) is 4.91. The van der Waals surface area contributed by atoms with Gasteiger partial charge in [-0.15, -0.1) is 5.11 Å². The fourth-order valence-corrected chi connectivity index (χ4v) is 1.68. The van der Waals surface area contributed by atoms with Gasteiger partial charge in [0, 0.05) is 0 Å². The van der Waals surface area contributed by atoms with Gasteiger partial charge in [0.25, 0.3) is 0 Å². The number of rotatable bonds is 4. The Morgan fingerprint density at radius 1 is 1.00 bits per heavy atom. The molecule has 0 N–H and O–H groups in total. The maximum atomic E-state index is 12.9. The zero-order chi connectivity index (χ0) is 16.9. The highest BCUT2D eigenvalue weighted by atomic mass is 19.4. The lowest BCUT2D eigenvalue weighted by Crippen LogP contribution is -2.15. The van der Waals surface area contributed by atoms with E-state index in [0.717, 1.165) is 12.1 Å². The van der Waals surface area contributed by atoms with Crippen LogP contribution in [0.1, 0.15) is 5.56 Å². The fraction of sp³-hybridized carbons (Fsp3) is 0.133. The van der Waals surface area contributed by atoms with E-state index >= 15 is 0 Å². The minimum atomic E-state index is -4.42. The molecule has 0 saturated carbocycles. The number of nitrogens with zero attached hydrogens (tertiary/aromatic N) is 4. The molecule has 0 fully saturated rings. The van der Waals surface area contributed by atoms with Crippen molar-refractivity contribution < 1.29 is 17.6 Å². The van der Waals surface area contributed by atoms with E-state index in [9.17, 15) is 17.6 Å². The summed E-state index contributed by atoms with van der Waals surface area (Å²) in [6.45, 7) is -0.143. The van der Waals surface area contributed by atoms with Crippen LogP contribution in [0, 0.1) is 17.1 Å². The molecular formula is C15H10F4N4. The highest BCUT2D eigenvalue weighted by Crippen LogP contribution is 2.30. The molecule has 0 saturated heterocycles. The number of anilines is 1. The zero-order valence-corrected chi connectivity index (χ0v) is 11.6. The molecule has 0 aliphatic rings. The minimum absolute atomic E-state index is 0.143.